The molecule has 1 N–H and O–H groups in total. The van der Waals surface area contributed by atoms with Crippen molar-refractivity contribution < 1.29 is 31.6 Å². The fourth-order valence-electron chi connectivity index (χ4n) is 4.86. The number of rotatable bonds is 13. The average molecular weight is 634 g/mol. The van der Waals surface area contributed by atoms with E-state index in [2.05, 4.69) is 57.0 Å². The van der Waals surface area contributed by atoms with E-state index in [0.29, 0.717) is 13.2 Å². The lowest BCUT2D eigenvalue weighted by molar-refractivity contribution is -0.0365. The topological polar surface area (TPSA) is 122 Å². The van der Waals surface area contributed by atoms with E-state index in [0.717, 1.165) is 59.3 Å². The Hall–Kier alpha value is -2.35. The molecule has 0 saturated carbocycles. The maximum absolute atomic E-state index is 11.0. The number of hydrogen-bond donors (Lipinski definition) is 1. The third-order valence-electron chi connectivity index (χ3n) is 8.28. The number of pyridine rings is 1. The number of ether oxygens (including phenoxy) is 3. The maximum Gasteiger partial charge on any atom is 0.265 e. The molecule has 43 heavy (non-hydrogen) atoms. The first-order valence-corrected chi connectivity index (χ1v) is 19.6. The van der Waals surface area contributed by atoms with Crippen molar-refractivity contribution in [3.05, 3.63) is 42.2 Å². The zero-order valence-corrected chi connectivity index (χ0v) is 28.3. The van der Waals surface area contributed by atoms with Crippen molar-refractivity contribution in [3.8, 4) is 17.0 Å². The quantitative estimate of drug-likeness (QED) is 0.123. The van der Waals surface area contributed by atoms with E-state index in [1.807, 2.05) is 23.9 Å². The molecule has 0 aliphatic carbocycles. The first-order chi connectivity index (χ1) is 20.1. The third-order valence-corrected chi connectivity index (χ3v) is 13.6. The molecule has 3 aromatic rings. The first kappa shape index (κ1) is 33.5. The number of nitrogens with zero attached hydrogens (tertiary/aromatic N) is 3. The lowest BCUT2D eigenvalue weighted by atomic mass is 10.1. The van der Waals surface area contributed by atoms with E-state index < -0.39 is 18.4 Å². The van der Waals surface area contributed by atoms with Gasteiger partial charge in [-0.3, -0.25) is 9.54 Å². The van der Waals surface area contributed by atoms with Crippen LogP contribution in [-0.2, 0) is 24.3 Å². The van der Waals surface area contributed by atoms with Crippen LogP contribution in [0.1, 0.15) is 71.8 Å². The van der Waals surface area contributed by atoms with Gasteiger partial charge in [-0.2, -0.15) is 13.5 Å². The molecule has 1 fully saturated rings. The molecule has 0 amide bonds. The van der Waals surface area contributed by atoms with Crippen LogP contribution in [-0.4, -0.2) is 68.2 Å². The Morgan fingerprint density at radius 3 is 2.58 bits per heavy atom. The van der Waals surface area contributed by atoms with Crippen LogP contribution in [0.5, 0.6) is 5.75 Å². The lowest BCUT2D eigenvalue weighted by Gasteiger charge is -2.36. The van der Waals surface area contributed by atoms with Crippen molar-refractivity contribution in [3.63, 3.8) is 0 Å². The van der Waals surface area contributed by atoms with Gasteiger partial charge in [-0.1, -0.05) is 27.7 Å². The van der Waals surface area contributed by atoms with Crippen LogP contribution in [0.2, 0.25) is 18.1 Å². The molecule has 0 bridgehead atoms. The van der Waals surface area contributed by atoms with Crippen molar-refractivity contribution in [2.24, 2.45) is 5.92 Å². The van der Waals surface area contributed by atoms with E-state index in [-0.39, 0.29) is 35.6 Å². The molecule has 12 heteroatoms. The molecule has 1 aliphatic rings. The summed E-state index contributed by atoms with van der Waals surface area (Å²) < 4.78 is 57.4. The van der Waals surface area contributed by atoms with Gasteiger partial charge in [0.25, 0.3) is 10.1 Å². The van der Waals surface area contributed by atoms with E-state index >= 15 is 0 Å². The van der Waals surface area contributed by atoms with Crippen molar-refractivity contribution >= 4 is 29.3 Å². The highest BCUT2D eigenvalue weighted by Gasteiger charge is 2.39. The van der Waals surface area contributed by atoms with Crippen LogP contribution in [0.15, 0.2) is 36.7 Å². The Morgan fingerprint density at radius 2 is 1.91 bits per heavy atom. The van der Waals surface area contributed by atoms with E-state index in [4.69, 9.17) is 28.3 Å². The zero-order chi connectivity index (χ0) is 31.4. The smallest absolute Gasteiger partial charge is 0.265 e. The summed E-state index contributed by atoms with van der Waals surface area (Å²) in [4.78, 5) is 4.53. The minimum atomic E-state index is -4.02. The van der Waals surface area contributed by atoms with Gasteiger partial charge in [0.2, 0.25) is 8.32 Å². The molecule has 3 atom stereocenters. The molecule has 1 aromatic carbocycles. The first-order valence-electron chi connectivity index (χ1n) is 15.1. The summed E-state index contributed by atoms with van der Waals surface area (Å²) in [7, 11) is -6.06. The Kier molecular flexibility index (Phi) is 10.7. The van der Waals surface area contributed by atoms with Crippen LogP contribution in [0.4, 0.5) is 0 Å². The predicted molar refractivity (Wildman–Crippen MR) is 170 cm³/mol. The normalized spacial score (nSPS) is 18.1. The van der Waals surface area contributed by atoms with Gasteiger partial charge in [0.1, 0.15) is 11.4 Å². The van der Waals surface area contributed by atoms with Gasteiger partial charge in [-0.25, -0.2) is 4.68 Å². The molecule has 3 unspecified atom stereocenters. The highest BCUT2D eigenvalue weighted by Crippen LogP contribution is 2.40. The summed E-state index contributed by atoms with van der Waals surface area (Å²) in [5.74, 6) is 0.204. The molecule has 1 aliphatic heterocycles. The van der Waals surface area contributed by atoms with Gasteiger partial charge in [0, 0.05) is 30.0 Å². The summed E-state index contributed by atoms with van der Waals surface area (Å²) >= 11 is 0. The Bertz CT molecular complexity index is 1480. The highest BCUT2D eigenvalue weighted by atomic mass is 32.2. The van der Waals surface area contributed by atoms with Gasteiger partial charge in [-0.05, 0) is 80.1 Å². The summed E-state index contributed by atoms with van der Waals surface area (Å²) in [6, 6.07) is 8.29. The minimum absolute atomic E-state index is 0.0721. The second-order valence-corrected chi connectivity index (χ2v) is 19.3. The van der Waals surface area contributed by atoms with E-state index in [9.17, 15) is 8.42 Å². The van der Waals surface area contributed by atoms with Crippen LogP contribution in [0.25, 0.3) is 22.2 Å². The number of hydrogen-bond acceptors (Lipinski definition) is 8. The maximum atomic E-state index is 11.0. The van der Waals surface area contributed by atoms with Gasteiger partial charge >= 0.3 is 0 Å². The van der Waals surface area contributed by atoms with Gasteiger partial charge in [0.15, 0.2) is 6.23 Å². The fraction of sp³-hybridized carbons (Fsp3) is 0.613. The van der Waals surface area contributed by atoms with Crippen LogP contribution in [0.3, 0.4) is 0 Å². The van der Waals surface area contributed by atoms with Crippen molar-refractivity contribution in [2.75, 3.05) is 32.2 Å². The lowest BCUT2D eigenvalue weighted by Crippen LogP contribution is -2.43. The molecule has 238 valence electrons. The Morgan fingerprint density at radius 1 is 1.14 bits per heavy atom. The van der Waals surface area contributed by atoms with Gasteiger partial charge < -0.3 is 18.6 Å². The SMILES string of the molecule is CC(COCCOC(C)c1cncc(-c2nn(C3CCCCO3)c3ccc(O[Si](C)(C)C(C)(C)C)cc23)c1)CS(=O)(=O)O. The summed E-state index contributed by atoms with van der Waals surface area (Å²) in [5, 5.41) is 6.15. The second kappa shape index (κ2) is 13.7. The van der Waals surface area contributed by atoms with Crippen molar-refractivity contribution in [1.29, 1.82) is 0 Å². The Balaban J connectivity index is 1.55. The predicted octanol–water partition coefficient (Wildman–Crippen LogP) is 6.80. The monoisotopic (exact) mass is 633 g/mol. The second-order valence-electron chi connectivity index (χ2n) is 13.1. The minimum Gasteiger partial charge on any atom is -0.543 e. The number of benzene rings is 1. The van der Waals surface area contributed by atoms with Crippen LogP contribution in [0, 0.1) is 5.92 Å². The molecular formula is C31H47N3O7SSi. The van der Waals surface area contributed by atoms with E-state index in [1.165, 1.54) is 0 Å². The highest BCUT2D eigenvalue weighted by molar-refractivity contribution is 7.85. The molecule has 10 nitrogen and oxygen atoms in total. The van der Waals surface area contributed by atoms with E-state index in [1.54, 1.807) is 13.1 Å². The molecule has 2 aromatic heterocycles. The van der Waals surface area contributed by atoms with Crippen LogP contribution < -0.4 is 4.43 Å². The summed E-state index contributed by atoms with van der Waals surface area (Å²) in [5.41, 5.74) is 3.61. The standard InChI is InChI=1S/C31H47N3O7SSi/c1-22(21-42(35,36)37)20-38-14-15-39-23(2)24-16-25(19-32-18-24)30-27-17-26(41-43(6,7)31(3,4)5)11-12-28(27)34(33-30)29-10-8-9-13-40-29/h11-12,16-19,22-23,29H,8-10,13-15,20-21H2,1-7H3,(H,35,36,37). The molecule has 0 radical (unpaired) electrons. The van der Waals surface area contributed by atoms with Crippen LogP contribution >= 0.6 is 0 Å². The Labute approximate surface area is 257 Å². The average Bonchev–Trinajstić information content (AvgIpc) is 3.30. The third kappa shape index (κ3) is 8.86. The number of fused-ring (bicyclic) bond motifs is 1. The molecule has 0 spiro atoms. The molecule has 4 rings (SSSR count). The largest absolute Gasteiger partial charge is 0.543 e. The summed E-state index contributed by atoms with van der Waals surface area (Å²) in [6.45, 7) is 16.4. The van der Waals surface area contributed by atoms with Crippen molar-refractivity contribution in [2.45, 2.75) is 84.3 Å². The molecule has 3 heterocycles. The van der Waals surface area contributed by atoms with Gasteiger partial charge in [0.05, 0.1) is 37.2 Å². The zero-order valence-electron chi connectivity index (χ0n) is 26.5. The summed E-state index contributed by atoms with van der Waals surface area (Å²) in [6.07, 6.45) is 6.32. The molecular weight excluding hydrogens is 587 g/mol. The fourth-order valence-corrected chi connectivity index (χ4v) is 6.70. The molecule has 1 saturated heterocycles. The van der Waals surface area contributed by atoms with Gasteiger partial charge in [-0.15, -0.1) is 0 Å². The van der Waals surface area contributed by atoms with Crippen molar-refractivity contribution in [1.82, 2.24) is 14.8 Å². The number of aromatic nitrogens is 3.